The second-order valence-corrected chi connectivity index (χ2v) is 6.92. The zero-order valence-corrected chi connectivity index (χ0v) is 13.0. The van der Waals surface area contributed by atoms with Crippen LogP contribution in [-0.4, -0.2) is 45.0 Å². The largest absolute Gasteiger partial charge is 0.368 e. The van der Waals surface area contributed by atoms with E-state index in [2.05, 4.69) is 10.3 Å². The van der Waals surface area contributed by atoms with Crippen LogP contribution in [0.15, 0.2) is 6.20 Å². The van der Waals surface area contributed by atoms with E-state index >= 15 is 0 Å². The molecule has 0 N–H and O–H groups in total. The SMILES string of the molecule is O=C(CC1CCCCC1)N1CC[C@H]2[C@H](C1)OCc1cnnn12. The number of hydrogen-bond donors (Lipinski definition) is 0. The smallest absolute Gasteiger partial charge is 0.222 e. The van der Waals surface area contributed by atoms with Crippen molar-refractivity contribution < 1.29 is 9.53 Å². The molecule has 1 aliphatic carbocycles. The van der Waals surface area contributed by atoms with Crippen LogP contribution >= 0.6 is 0 Å². The predicted molar refractivity (Wildman–Crippen MR) is 80.0 cm³/mol. The van der Waals surface area contributed by atoms with Crippen molar-refractivity contribution in [3.63, 3.8) is 0 Å². The monoisotopic (exact) mass is 304 g/mol. The Balaban J connectivity index is 1.37. The van der Waals surface area contributed by atoms with Gasteiger partial charge in [0.15, 0.2) is 0 Å². The third-order valence-corrected chi connectivity index (χ3v) is 5.47. The summed E-state index contributed by atoms with van der Waals surface area (Å²) in [6.45, 7) is 2.07. The average molecular weight is 304 g/mol. The van der Waals surface area contributed by atoms with Gasteiger partial charge in [-0.15, -0.1) is 5.10 Å². The molecule has 4 rings (SSSR count). The van der Waals surface area contributed by atoms with Crippen molar-refractivity contribution in [2.45, 2.75) is 63.7 Å². The van der Waals surface area contributed by atoms with Crippen molar-refractivity contribution in [1.29, 1.82) is 0 Å². The normalized spacial score (nSPS) is 29.0. The Kier molecular flexibility index (Phi) is 3.86. The number of hydrogen-bond acceptors (Lipinski definition) is 4. The summed E-state index contributed by atoms with van der Waals surface area (Å²) in [5.41, 5.74) is 1.04. The molecule has 1 aromatic heterocycles. The summed E-state index contributed by atoms with van der Waals surface area (Å²) in [4.78, 5) is 14.6. The molecule has 3 heterocycles. The van der Waals surface area contributed by atoms with Crippen LogP contribution in [0.5, 0.6) is 0 Å². The number of rotatable bonds is 2. The molecule has 22 heavy (non-hydrogen) atoms. The molecule has 2 fully saturated rings. The molecule has 120 valence electrons. The first kappa shape index (κ1) is 14.2. The van der Waals surface area contributed by atoms with E-state index in [1.54, 1.807) is 6.20 Å². The van der Waals surface area contributed by atoms with Crippen LogP contribution < -0.4 is 0 Å². The standard InChI is InChI=1S/C16H24N4O2/c21-16(8-12-4-2-1-3-5-12)19-7-6-14-15(10-19)22-11-13-9-17-18-20(13)14/h9,12,14-15H,1-8,10-11H2/t14-,15-/m0/s1. The number of aromatic nitrogens is 3. The maximum atomic E-state index is 12.6. The van der Waals surface area contributed by atoms with E-state index in [1.165, 1.54) is 32.1 Å². The third kappa shape index (κ3) is 2.64. The van der Waals surface area contributed by atoms with Gasteiger partial charge in [-0.05, 0) is 25.2 Å². The molecule has 1 saturated heterocycles. The highest BCUT2D eigenvalue weighted by Crippen LogP contribution is 2.32. The van der Waals surface area contributed by atoms with Crippen molar-refractivity contribution in [2.75, 3.05) is 13.1 Å². The van der Waals surface area contributed by atoms with Crippen LogP contribution in [-0.2, 0) is 16.1 Å². The highest BCUT2D eigenvalue weighted by Gasteiger charge is 2.38. The van der Waals surface area contributed by atoms with E-state index in [1.807, 2.05) is 9.58 Å². The van der Waals surface area contributed by atoms with Crippen LogP contribution in [0.4, 0.5) is 0 Å². The van der Waals surface area contributed by atoms with E-state index < -0.39 is 0 Å². The van der Waals surface area contributed by atoms with Crippen molar-refractivity contribution in [3.05, 3.63) is 11.9 Å². The molecule has 0 unspecified atom stereocenters. The van der Waals surface area contributed by atoms with Gasteiger partial charge in [-0.25, -0.2) is 4.68 Å². The lowest BCUT2D eigenvalue weighted by molar-refractivity contribution is -0.140. The number of carbonyl (C=O) groups is 1. The maximum absolute atomic E-state index is 12.6. The summed E-state index contributed by atoms with van der Waals surface area (Å²) in [7, 11) is 0. The zero-order chi connectivity index (χ0) is 14.9. The molecule has 2 atom stereocenters. The molecular formula is C16H24N4O2. The van der Waals surface area contributed by atoms with E-state index in [9.17, 15) is 4.79 Å². The highest BCUT2D eigenvalue weighted by molar-refractivity contribution is 5.76. The maximum Gasteiger partial charge on any atom is 0.222 e. The number of piperidine rings is 1. The topological polar surface area (TPSA) is 60.3 Å². The summed E-state index contributed by atoms with van der Waals surface area (Å²) >= 11 is 0. The van der Waals surface area contributed by atoms with Gasteiger partial charge in [-0.2, -0.15) is 0 Å². The summed E-state index contributed by atoms with van der Waals surface area (Å²) in [6, 6.07) is 0.241. The molecular weight excluding hydrogens is 280 g/mol. The molecule has 0 aromatic carbocycles. The Labute approximate surface area is 130 Å². The van der Waals surface area contributed by atoms with E-state index in [4.69, 9.17) is 4.74 Å². The fourth-order valence-electron chi connectivity index (χ4n) is 4.18. The minimum Gasteiger partial charge on any atom is -0.368 e. The second-order valence-electron chi connectivity index (χ2n) is 6.92. The van der Waals surface area contributed by atoms with Crippen LogP contribution in [0.25, 0.3) is 0 Å². The first-order valence-electron chi connectivity index (χ1n) is 8.59. The Hall–Kier alpha value is -1.43. The summed E-state index contributed by atoms with van der Waals surface area (Å²) < 4.78 is 7.94. The lowest BCUT2D eigenvalue weighted by Gasteiger charge is -2.41. The lowest BCUT2D eigenvalue weighted by atomic mass is 9.86. The van der Waals surface area contributed by atoms with Gasteiger partial charge >= 0.3 is 0 Å². The van der Waals surface area contributed by atoms with E-state index in [-0.39, 0.29) is 12.1 Å². The van der Waals surface area contributed by atoms with Crippen LogP contribution in [0, 0.1) is 5.92 Å². The van der Waals surface area contributed by atoms with Crippen molar-refractivity contribution in [1.82, 2.24) is 19.9 Å². The molecule has 1 saturated carbocycles. The molecule has 2 aliphatic heterocycles. The fraction of sp³-hybridized carbons (Fsp3) is 0.812. The minimum absolute atomic E-state index is 0.0678. The number of likely N-dealkylation sites (tertiary alicyclic amines) is 1. The molecule has 6 heteroatoms. The molecule has 3 aliphatic rings. The second kappa shape index (κ2) is 5.99. The first-order valence-corrected chi connectivity index (χ1v) is 8.59. The fourth-order valence-corrected chi connectivity index (χ4v) is 4.18. The number of carbonyl (C=O) groups excluding carboxylic acids is 1. The average Bonchev–Trinajstić information content (AvgIpc) is 3.04. The lowest BCUT2D eigenvalue weighted by Crippen LogP contribution is -2.50. The van der Waals surface area contributed by atoms with Crippen molar-refractivity contribution in [2.24, 2.45) is 5.92 Å². The molecule has 0 bridgehead atoms. The highest BCUT2D eigenvalue weighted by atomic mass is 16.5. The van der Waals surface area contributed by atoms with Gasteiger partial charge in [0.2, 0.25) is 5.91 Å². The minimum atomic E-state index is 0.0678. The van der Waals surface area contributed by atoms with Gasteiger partial charge in [0, 0.05) is 19.5 Å². The molecule has 0 radical (unpaired) electrons. The molecule has 6 nitrogen and oxygen atoms in total. The Morgan fingerprint density at radius 1 is 1.27 bits per heavy atom. The van der Waals surface area contributed by atoms with E-state index in [0.717, 1.165) is 25.1 Å². The number of nitrogens with zero attached hydrogens (tertiary/aromatic N) is 4. The first-order chi connectivity index (χ1) is 10.8. The van der Waals surface area contributed by atoms with E-state index in [0.29, 0.717) is 25.0 Å². The Morgan fingerprint density at radius 2 is 2.14 bits per heavy atom. The number of fused-ring (bicyclic) bond motifs is 3. The predicted octanol–water partition coefficient (Wildman–Crippen LogP) is 1.92. The summed E-state index contributed by atoms with van der Waals surface area (Å²) in [5.74, 6) is 0.923. The van der Waals surface area contributed by atoms with Crippen LogP contribution in [0.1, 0.15) is 56.7 Å². The quantitative estimate of drug-likeness (QED) is 0.837. The number of ether oxygens (including phenoxy) is 1. The summed E-state index contributed by atoms with van der Waals surface area (Å²) in [5, 5.41) is 8.17. The summed E-state index contributed by atoms with van der Waals surface area (Å²) in [6.07, 6.45) is 9.86. The van der Waals surface area contributed by atoms with Crippen molar-refractivity contribution >= 4 is 5.91 Å². The zero-order valence-electron chi connectivity index (χ0n) is 13.0. The number of amides is 1. The van der Waals surface area contributed by atoms with Gasteiger partial charge in [-0.1, -0.05) is 24.5 Å². The Bertz CT molecular complexity index is 538. The van der Waals surface area contributed by atoms with Crippen LogP contribution in [0.3, 0.4) is 0 Å². The van der Waals surface area contributed by atoms with Crippen molar-refractivity contribution in [3.8, 4) is 0 Å². The molecule has 1 aromatic rings. The van der Waals surface area contributed by atoms with Gasteiger partial charge in [0.25, 0.3) is 0 Å². The van der Waals surface area contributed by atoms with Gasteiger partial charge in [0.1, 0.15) is 0 Å². The Morgan fingerprint density at radius 3 is 3.00 bits per heavy atom. The molecule has 0 spiro atoms. The van der Waals surface area contributed by atoms with Gasteiger partial charge in [-0.3, -0.25) is 4.79 Å². The molecule has 1 amide bonds. The van der Waals surface area contributed by atoms with Gasteiger partial charge in [0.05, 0.1) is 30.6 Å². The third-order valence-electron chi connectivity index (χ3n) is 5.47. The van der Waals surface area contributed by atoms with Crippen LogP contribution in [0.2, 0.25) is 0 Å². The van der Waals surface area contributed by atoms with Gasteiger partial charge < -0.3 is 9.64 Å².